The number of methoxy groups -OCH3 is 1. The summed E-state index contributed by atoms with van der Waals surface area (Å²) in [6, 6.07) is 18.3. The van der Waals surface area contributed by atoms with E-state index in [-0.39, 0.29) is 36.9 Å². The lowest BCUT2D eigenvalue weighted by Crippen LogP contribution is -2.58. The molecule has 1 saturated heterocycles. The lowest BCUT2D eigenvalue weighted by molar-refractivity contribution is -0.123. The second-order valence-electron chi connectivity index (χ2n) is 11.2. The van der Waals surface area contributed by atoms with Crippen molar-refractivity contribution in [3.63, 3.8) is 0 Å². The molecule has 1 fully saturated rings. The van der Waals surface area contributed by atoms with Crippen LogP contribution in [0.5, 0.6) is 11.5 Å². The first kappa shape index (κ1) is 31.2. The van der Waals surface area contributed by atoms with Crippen LogP contribution >= 0.6 is 0 Å². The molecule has 4 aromatic rings. The molecular formula is C35H31FN4O7. The Kier molecular flexibility index (Phi) is 9.09. The van der Waals surface area contributed by atoms with Crippen molar-refractivity contribution in [2.24, 2.45) is 0 Å². The van der Waals surface area contributed by atoms with E-state index in [4.69, 9.17) is 14.2 Å². The molecule has 11 nitrogen and oxygen atoms in total. The number of piperidine rings is 1. The van der Waals surface area contributed by atoms with Crippen molar-refractivity contribution in [3.05, 3.63) is 113 Å². The number of amides is 3. The number of rotatable bonds is 2. The average molecular weight is 639 g/mol. The molecule has 0 aliphatic carbocycles. The minimum Gasteiger partial charge on any atom is -0.488 e. The van der Waals surface area contributed by atoms with E-state index in [0.717, 1.165) is 5.56 Å². The molecule has 2 atom stereocenters. The number of benzene rings is 3. The molecule has 6 bridgehead atoms. The van der Waals surface area contributed by atoms with Gasteiger partial charge >= 0.3 is 5.97 Å². The third kappa shape index (κ3) is 7.38. The first-order chi connectivity index (χ1) is 22.7. The molecular weight excluding hydrogens is 607 g/mol. The van der Waals surface area contributed by atoms with E-state index in [9.17, 15) is 23.6 Å². The minimum atomic E-state index is -0.691. The number of ether oxygens (including phenoxy) is 3. The first-order valence-corrected chi connectivity index (χ1v) is 15.0. The fourth-order valence-electron chi connectivity index (χ4n) is 5.55. The maximum atomic E-state index is 14.7. The maximum absolute atomic E-state index is 14.7. The zero-order valence-corrected chi connectivity index (χ0v) is 25.4. The molecule has 0 radical (unpaired) electrons. The molecule has 6 rings (SSSR count). The van der Waals surface area contributed by atoms with Gasteiger partial charge in [0, 0.05) is 55.6 Å². The lowest BCUT2D eigenvalue weighted by atomic mass is 9.99. The molecule has 2 aliphatic heterocycles. The van der Waals surface area contributed by atoms with Crippen molar-refractivity contribution >= 4 is 23.7 Å². The molecule has 0 unspecified atom stereocenters. The van der Waals surface area contributed by atoms with Crippen LogP contribution in [-0.4, -0.2) is 72.5 Å². The molecule has 2 aliphatic rings. The number of likely N-dealkylation sites (tertiary alicyclic amines) is 1. The van der Waals surface area contributed by atoms with Gasteiger partial charge in [0.1, 0.15) is 23.4 Å². The molecule has 3 aromatic carbocycles. The van der Waals surface area contributed by atoms with Gasteiger partial charge in [-0.1, -0.05) is 12.1 Å². The van der Waals surface area contributed by atoms with Gasteiger partial charge in [-0.05, 0) is 65.7 Å². The predicted octanol–water partition coefficient (Wildman–Crippen LogP) is 3.78. The van der Waals surface area contributed by atoms with Crippen LogP contribution in [-0.2, 0) is 16.1 Å². The smallest absolute Gasteiger partial charge is 0.337 e. The van der Waals surface area contributed by atoms with E-state index in [0.29, 0.717) is 41.0 Å². The van der Waals surface area contributed by atoms with Gasteiger partial charge in [-0.2, -0.15) is 0 Å². The zero-order valence-electron chi connectivity index (χ0n) is 25.4. The third-order valence-electron chi connectivity index (χ3n) is 7.95. The standard InChI is InChI=1S/C35H31FN4O7/c1-45-35(44)23-7-5-22(6-8-23)34(43)40-10-9-31-30(19-40)39-33(42)26-13-25(17-37-18-26)24-3-2-4-28(14-24)46-20-32(41)38-16-21-11-27(36)15-29(12-21)47-31/h2-8,11-15,17-18,30-31H,9-10,16,19-20H2,1H3,(H,38,41)(H,39,42)/t30-,31+/m1/s1. The Morgan fingerprint density at radius 3 is 2.53 bits per heavy atom. The molecule has 240 valence electrons. The molecule has 0 saturated carbocycles. The number of carbonyl (C=O) groups excluding carboxylic acids is 4. The highest BCUT2D eigenvalue weighted by Crippen LogP contribution is 2.26. The van der Waals surface area contributed by atoms with Gasteiger partial charge in [0.05, 0.1) is 24.3 Å². The van der Waals surface area contributed by atoms with Gasteiger partial charge in [-0.15, -0.1) is 0 Å². The predicted molar refractivity (Wildman–Crippen MR) is 167 cm³/mol. The highest BCUT2D eigenvalue weighted by molar-refractivity contribution is 5.97. The number of aromatic nitrogens is 1. The van der Waals surface area contributed by atoms with Crippen LogP contribution in [0.1, 0.15) is 43.1 Å². The van der Waals surface area contributed by atoms with E-state index in [2.05, 4.69) is 15.6 Å². The zero-order chi connectivity index (χ0) is 32.9. The van der Waals surface area contributed by atoms with E-state index in [1.807, 2.05) is 6.07 Å². The quantitative estimate of drug-likeness (QED) is 0.317. The van der Waals surface area contributed by atoms with E-state index in [1.165, 1.54) is 37.6 Å². The second-order valence-corrected chi connectivity index (χ2v) is 11.2. The van der Waals surface area contributed by atoms with Crippen molar-refractivity contribution in [2.75, 3.05) is 26.8 Å². The Bertz CT molecular complexity index is 1830. The monoisotopic (exact) mass is 638 g/mol. The molecule has 2 N–H and O–H groups in total. The first-order valence-electron chi connectivity index (χ1n) is 15.0. The number of halogens is 1. The summed E-state index contributed by atoms with van der Waals surface area (Å²) in [5.74, 6) is -1.53. The van der Waals surface area contributed by atoms with E-state index in [1.54, 1.807) is 53.6 Å². The van der Waals surface area contributed by atoms with Gasteiger partial charge in [-0.25, -0.2) is 9.18 Å². The summed E-state index contributed by atoms with van der Waals surface area (Å²) in [5.41, 5.74) is 2.80. The number of hydrogen-bond acceptors (Lipinski definition) is 8. The van der Waals surface area contributed by atoms with Gasteiger partial charge in [0.15, 0.2) is 6.61 Å². The molecule has 3 amide bonds. The number of esters is 1. The minimum absolute atomic E-state index is 0.0374. The van der Waals surface area contributed by atoms with Gasteiger partial charge in [0.2, 0.25) is 0 Å². The van der Waals surface area contributed by atoms with Crippen LogP contribution in [0.25, 0.3) is 11.1 Å². The summed E-state index contributed by atoms with van der Waals surface area (Å²) in [5, 5.41) is 5.74. The van der Waals surface area contributed by atoms with Crippen LogP contribution in [0.4, 0.5) is 4.39 Å². The normalized spacial score (nSPS) is 18.0. The average Bonchev–Trinajstić information content (AvgIpc) is 3.09. The highest BCUT2D eigenvalue weighted by atomic mass is 19.1. The van der Waals surface area contributed by atoms with Crippen molar-refractivity contribution in [3.8, 4) is 22.6 Å². The highest BCUT2D eigenvalue weighted by Gasteiger charge is 2.35. The summed E-state index contributed by atoms with van der Waals surface area (Å²) >= 11 is 0. The van der Waals surface area contributed by atoms with E-state index >= 15 is 0 Å². The summed E-state index contributed by atoms with van der Waals surface area (Å²) in [6.07, 6.45) is 2.75. The third-order valence-corrected chi connectivity index (χ3v) is 7.95. The number of hydrogen-bond donors (Lipinski definition) is 2. The lowest BCUT2D eigenvalue weighted by Gasteiger charge is -2.39. The summed E-state index contributed by atoms with van der Waals surface area (Å²) in [7, 11) is 1.28. The number of nitrogens with one attached hydrogen (secondary N) is 2. The van der Waals surface area contributed by atoms with Crippen molar-refractivity contribution in [1.82, 2.24) is 20.5 Å². The van der Waals surface area contributed by atoms with Crippen LogP contribution in [0.2, 0.25) is 0 Å². The van der Waals surface area contributed by atoms with Gasteiger partial charge in [-0.3, -0.25) is 19.4 Å². The van der Waals surface area contributed by atoms with Crippen LogP contribution < -0.4 is 20.1 Å². The molecule has 0 spiro atoms. The fraction of sp³-hybridized carbons (Fsp3) is 0.229. The van der Waals surface area contributed by atoms with E-state index < -0.39 is 35.7 Å². The summed E-state index contributed by atoms with van der Waals surface area (Å²) < 4.78 is 31.4. The number of fused-ring (bicyclic) bond motifs is 8. The summed E-state index contributed by atoms with van der Waals surface area (Å²) in [6.45, 7) is 0.173. The van der Waals surface area contributed by atoms with Crippen LogP contribution in [0, 0.1) is 5.82 Å². The molecule has 1 aromatic heterocycles. The molecule has 3 heterocycles. The Hall–Kier alpha value is -5.78. The topological polar surface area (TPSA) is 136 Å². The number of carbonyl (C=O) groups is 4. The molecule has 47 heavy (non-hydrogen) atoms. The Balaban J connectivity index is 1.31. The van der Waals surface area contributed by atoms with Crippen LogP contribution in [0.3, 0.4) is 0 Å². The number of pyridine rings is 1. The van der Waals surface area contributed by atoms with Gasteiger partial charge in [0.25, 0.3) is 17.7 Å². The second kappa shape index (κ2) is 13.7. The van der Waals surface area contributed by atoms with Crippen LogP contribution in [0.15, 0.2) is 85.2 Å². The molecule has 12 heteroatoms. The Labute approximate surface area is 269 Å². The largest absolute Gasteiger partial charge is 0.488 e. The Morgan fingerprint density at radius 1 is 0.936 bits per heavy atom. The summed E-state index contributed by atoms with van der Waals surface area (Å²) in [4.78, 5) is 57.4. The van der Waals surface area contributed by atoms with Crippen molar-refractivity contribution in [2.45, 2.75) is 25.1 Å². The fourth-order valence-corrected chi connectivity index (χ4v) is 5.55. The van der Waals surface area contributed by atoms with Gasteiger partial charge < -0.3 is 29.7 Å². The number of nitrogens with zero attached hydrogens (tertiary/aromatic N) is 2. The maximum Gasteiger partial charge on any atom is 0.337 e. The SMILES string of the molecule is COC(=O)c1ccc(C(=O)N2CC[C@@H]3Oc4cc(F)cc(c4)CNC(=O)COc4cccc(c4)-c4cncc(c4)C(=O)N[C@@H]3C2)cc1. The Morgan fingerprint density at radius 2 is 1.72 bits per heavy atom. The van der Waals surface area contributed by atoms with Crippen molar-refractivity contribution in [1.29, 1.82) is 0 Å². The van der Waals surface area contributed by atoms with Crippen molar-refractivity contribution < 1.29 is 37.8 Å².